The quantitative estimate of drug-likeness (QED) is 0.333. The van der Waals surface area contributed by atoms with Gasteiger partial charge in [0.1, 0.15) is 5.75 Å². The molecular weight excluding hydrogens is 370 g/mol. The molecule has 0 aromatic heterocycles. The van der Waals surface area contributed by atoms with Crippen LogP contribution in [0.15, 0.2) is 29.2 Å². The highest BCUT2D eigenvalue weighted by atomic mass is 32.2. The number of ether oxygens (including phenoxy) is 1. The fraction of sp³-hybridized carbons (Fsp3) is 0.565. The number of hydrogen-bond acceptors (Lipinski definition) is 4. The molecule has 0 atom stereocenters. The van der Waals surface area contributed by atoms with Crippen molar-refractivity contribution in [2.75, 3.05) is 13.2 Å². The molecule has 1 aliphatic heterocycles. The van der Waals surface area contributed by atoms with Crippen molar-refractivity contribution in [2.24, 2.45) is 0 Å². The number of thioether (sulfide) groups is 1. The molecule has 1 aliphatic rings. The van der Waals surface area contributed by atoms with E-state index in [0.29, 0.717) is 23.6 Å². The fourth-order valence-electron chi connectivity index (χ4n) is 3.29. The van der Waals surface area contributed by atoms with Crippen molar-refractivity contribution in [3.05, 3.63) is 34.7 Å². The van der Waals surface area contributed by atoms with E-state index in [0.717, 1.165) is 30.6 Å². The van der Waals surface area contributed by atoms with E-state index >= 15 is 0 Å². The Morgan fingerprint density at radius 1 is 0.929 bits per heavy atom. The van der Waals surface area contributed by atoms with E-state index in [9.17, 15) is 9.59 Å². The van der Waals surface area contributed by atoms with Crippen LogP contribution in [-0.4, -0.2) is 35.1 Å². The van der Waals surface area contributed by atoms with Crippen LogP contribution in [0.3, 0.4) is 0 Å². The number of rotatable bonds is 12. The van der Waals surface area contributed by atoms with Crippen LogP contribution in [0.5, 0.6) is 5.75 Å². The van der Waals surface area contributed by atoms with Crippen LogP contribution < -0.4 is 4.74 Å². The summed E-state index contributed by atoms with van der Waals surface area (Å²) in [5, 5.41) is 0.235. The average molecular weight is 404 g/mol. The maximum Gasteiger partial charge on any atom is 0.267 e. The van der Waals surface area contributed by atoms with Gasteiger partial charge in [-0.15, -0.1) is 11.8 Å². The monoisotopic (exact) mass is 403 g/mol. The van der Waals surface area contributed by atoms with E-state index < -0.39 is 0 Å². The highest BCUT2D eigenvalue weighted by Crippen LogP contribution is 2.38. The Hall–Kier alpha value is -1.75. The van der Waals surface area contributed by atoms with Crippen molar-refractivity contribution >= 4 is 29.1 Å². The largest absolute Gasteiger partial charge is 0.494 e. The summed E-state index contributed by atoms with van der Waals surface area (Å²) in [7, 11) is 0. The highest BCUT2D eigenvalue weighted by Gasteiger charge is 2.39. The zero-order valence-electron chi connectivity index (χ0n) is 17.6. The van der Waals surface area contributed by atoms with Crippen LogP contribution in [0.4, 0.5) is 0 Å². The first-order valence-electron chi connectivity index (χ1n) is 10.5. The second-order valence-corrected chi connectivity index (χ2v) is 8.94. The summed E-state index contributed by atoms with van der Waals surface area (Å²) in [6.07, 6.45) is 6.79. The van der Waals surface area contributed by atoms with Gasteiger partial charge in [0.25, 0.3) is 11.8 Å². The minimum atomic E-state index is -0.161. The Kier molecular flexibility index (Phi) is 9.10. The molecule has 0 N–H and O–H groups in total. The van der Waals surface area contributed by atoms with Gasteiger partial charge in [0.05, 0.1) is 17.1 Å². The summed E-state index contributed by atoms with van der Waals surface area (Å²) < 4.78 is 5.49. The van der Waals surface area contributed by atoms with E-state index in [2.05, 4.69) is 6.92 Å². The van der Waals surface area contributed by atoms with Crippen LogP contribution in [-0.2, 0) is 9.59 Å². The number of unbranched alkanes of at least 4 members (excludes halogenated alkanes) is 5. The van der Waals surface area contributed by atoms with E-state index in [1.165, 1.54) is 35.9 Å². The molecule has 0 radical (unpaired) electrons. The average Bonchev–Trinajstić information content (AvgIpc) is 2.89. The van der Waals surface area contributed by atoms with E-state index in [1.54, 1.807) is 0 Å². The Labute approximate surface area is 173 Å². The number of nitrogens with zero attached hydrogens (tertiary/aromatic N) is 1. The number of amides is 2. The molecule has 1 aromatic carbocycles. The molecule has 2 amide bonds. The molecule has 0 saturated carbocycles. The topological polar surface area (TPSA) is 46.6 Å². The summed E-state index contributed by atoms with van der Waals surface area (Å²) in [4.78, 5) is 28.1. The molecule has 0 bridgehead atoms. The van der Waals surface area contributed by atoms with Gasteiger partial charge in [-0.25, -0.2) is 0 Å². The lowest BCUT2D eigenvalue weighted by atomic mass is 10.1. The normalized spacial score (nSPS) is 14.5. The van der Waals surface area contributed by atoms with Gasteiger partial charge in [0.2, 0.25) is 0 Å². The predicted octanol–water partition coefficient (Wildman–Crippen LogP) is 5.67. The molecule has 0 aliphatic carbocycles. The van der Waals surface area contributed by atoms with E-state index in [4.69, 9.17) is 4.74 Å². The first-order valence-corrected chi connectivity index (χ1v) is 11.4. The lowest BCUT2D eigenvalue weighted by Gasteiger charge is -2.15. The maximum atomic E-state index is 13.1. The van der Waals surface area contributed by atoms with Gasteiger partial charge in [-0.05, 0) is 31.0 Å². The summed E-state index contributed by atoms with van der Waals surface area (Å²) >= 11 is 1.48. The number of carbonyl (C=O) groups excluding carboxylic acids is 2. The van der Waals surface area contributed by atoms with Crippen molar-refractivity contribution in [3.63, 3.8) is 0 Å². The molecule has 0 saturated heterocycles. The molecule has 5 heteroatoms. The molecule has 0 fully saturated rings. The zero-order chi connectivity index (χ0) is 20.5. The number of hydrogen-bond donors (Lipinski definition) is 0. The van der Waals surface area contributed by atoms with Gasteiger partial charge in [-0.2, -0.15) is 0 Å². The standard InChI is InChI=1S/C23H33NO3S/c1-5-7-8-9-10-11-16-24-22(25)20(21(23(24)26)28-17(3)4)18-12-14-19(15-13-18)27-6-2/h12-15,17H,5-11,16H2,1-4H3. The van der Waals surface area contributed by atoms with Gasteiger partial charge in [0, 0.05) is 11.8 Å². The first kappa shape index (κ1) is 22.5. The van der Waals surface area contributed by atoms with Crippen molar-refractivity contribution < 1.29 is 14.3 Å². The van der Waals surface area contributed by atoms with Crippen molar-refractivity contribution in [3.8, 4) is 5.75 Å². The van der Waals surface area contributed by atoms with Crippen LogP contribution in [0.2, 0.25) is 0 Å². The number of carbonyl (C=O) groups is 2. The van der Waals surface area contributed by atoms with Crippen LogP contribution in [0.1, 0.15) is 71.8 Å². The van der Waals surface area contributed by atoms with Crippen molar-refractivity contribution in [2.45, 2.75) is 71.5 Å². The van der Waals surface area contributed by atoms with Gasteiger partial charge < -0.3 is 4.74 Å². The third-order valence-electron chi connectivity index (χ3n) is 4.67. The molecule has 0 unspecified atom stereocenters. The minimum Gasteiger partial charge on any atom is -0.494 e. The maximum absolute atomic E-state index is 13.1. The smallest absolute Gasteiger partial charge is 0.267 e. The van der Waals surface area contributed by atoms with Crippen LogP contribution in [0.25, 0.3) is 5.57 Å². The van der Waals surface area contributed by atoms with Crippen LogP contribution in [0, 0.1) is 0 Å². The third-order valence-corrected chi connectivity index (χ3v) is 5.75. The Morgan fingerprint density at radius 3 is 2.18 bits per heavy atom. The lowest BCUT2D eigenvalue weighted by molar-refractivity contribution is -0.136. The molecule has 4 nitrogen and oxygen atoms in total. The summed E-state index contributed by atoms with van der Waals surface area (Å²) in [6.45, 7) is 9.33. The number of benzene rings is 1. The van der Waals surface area contributed by atoms with Crippen LogP contribution >= 0.6 is 11.8 Å². The summed E-state index contributed by atoms with van der Waals surface area (Å²) in [5.41, 5.74) is 1.33. The molecule has 2 rings (SSSR count). The first-order chi connectivity index (χ1) is 13.5. The predicted molar refractivity (Wildman–Crippen MR) is 117 cm³/mol. The van der Waals surface area contributed by atoms with E-state index in [1.807, 2.05) is 45.0 Å². The van der Waals surface area contributed by atoms with Gasteiger partial charge in [-0.3, -0.25) is 14.5 Å². The minimum absolute atomic E-state index is 0.138. The SMILES string of the molecule is CCCCCCCCN1C(=O)C(SC(C)C)=C(c2ccc(OCC)cc2)C1=O. The molecule has 28 heavy (non-hydrogen) atoms. The van der Waals surface area contributed by atoms with E-state index in [-0.39, 0.29) is 17.1 Å². The highest BCUT2D eigenvalue weighted by molar-refractivity contribution is 8.04. The molecule has 1 heterocycles. The molecule has 1 aromatic rings. The fourth-order valence-corrected chi connectivity index (χ4v) is 4.30. The second kappa shape index (κ2) is 11.3. The van der Waals surface area contributed by atoms with Gasteiger partial charge in [-0.1, -0.05) is 65.0 Å². The zero-order valence-corrected chi connectivity index (χ0v) is 18.4. The van der Waals surface area contributed by atoms with Crippen molar-refractivity contribution in [1.82, 2.24) is 4.90 Å². The summed E-state index contributed by atoms with van der Waals surface area (Å²) in [6, 6.07) is 7.47. The van der Waals surface area contributed by atoms with Gasteiger partial charge >= 0.3 is 0 Å². The number of imide groups is 1. The second-order valence-electron chi connectivity index (χ2n) is 7.36. The van der Waals surface area contributed by atoms with Crippen molar-refractivity contribution in [1.29, 1.82) is 0 Å². The Morgan fingerprint density at radius 2 is 1.57 bits per heavy atom. The summed E-state index contributed by atoms with van der Waals surface area (Å²) in [5.74, 6) is 0.470. The molecular formula is C23H33NO3S. The van der Waals surface area contributed by atoms with Gasteiger partial charge in [0.15, 0.2) is 0 Å². The Balaban J connectivity index is 2.14. The molecule has 154 valence electrons. The molecule has 0 spiro atoms. The third kappa shape index (κ3) is 5.87. The Bertz CT molecular complexity index is 694. The lowest BCUT2D eigenvalue weighted by Crippen LogP contribution is -2.32.